The number of hydrogen-bond donors (Lipinski definition) is 3. The molecule has 1 amide bonds. The van der Waals surface area contributed by atoms with Gasteiger partial charge >= 0.3 is 0 Å². The van der Waals surface area contributed by atoms with Gasteiger partial charge in [0.15, 0.2) is 5.82 Å². The summed E-state index contributed by atoms with van der Waals surface area (Å²) in [7, 11) is 0. The summed E-state index contributed by atoms with van der Waals surface area (Å²) in [6.07, 6.45) is 1.55. The summed E-state index contributed by atoms with van der Waals surface area (Å²) < 4.78 is 0. The van der Waals surface area contributed by atoms with Crippen molar-refractivity contribution >= 4 is 29.0 Å². The molecule has 1 heterocycles. The van der Waals surface area contributed by atoms with Crippen LogP contribution in [0.4, 0.5) is 11.5 Å². The summed E-state index contributed by atoms with van der Waals surface area (Å²) in [4.78, 5) is 16.1. The number of carbonyl (C=O) groups excluding carboxylic acids is 1. The summed E-state index contributed by atoms with van der Waals surface area (Å²) in [5, 5.41) is 3.34. The number of rotatable bonds is 3. The van der Waals surface area contributed by atoms with Crippen LogP contribution in [0.15, 0.2) is 36.5 Å². The molecule has 98 valence electrons. The number of anilines is 2. The van der Waals surface area contributed by atoms with Crippen molar-refractivity contribution in [3.05, 3.63) is 52.7 Å². The zero-order chi connectivity index (χ0) is 13.8. The van der Waals surface area contributed by atoms with E-state index in [0.717, 1.165) is 5.56 Å². The van der Waals surface area contributed by atoms with Gasteiger partial charge in [0.05, 0.1) is 5.56 Å². The highest BCUT2D eigenvalue weighted by Gasteiger charge is 2.12. The Balaban J connectivity index is 2.28. The Morgan fingerprint density at radius 3 is 2.89 bits per heavy atom. The van der Waals surface area contributed by atoms with Crippen LogP contribution in [0.25, 0.3) is 0 Å². The number of aromatic nitrogens is 1. The van der Waals surface area contributed by atoms with Gasteiger partial charge in [0.25, 0.3) is 5.91 Å². The Morgan fingerprint density at radius 2 is 2.16 bits per heavy atom. The number of nitrogens with one attached hydrogen (secondary N) is 2. The molecule has 0 fully saturated rings. The summed E-state index contributed by atoms with van der Waals surface area (Å²) in [6.45, 7) is 1.89. The normalized spacial score (nSPS) is 10.1. The number of pyridine rings is 1. The first-order valence-corrected chi connectivity index (χ1v) is 5.98. The molecular formula is C13H13ClN4O. The van der Waals surface area contributed by atoms with E-state index in [-0.39, 0.29) is 5.91 Å². The van der Waals surface area contributed by atoms with Gasteiger partial charge in [0, 0.05) is 16.9 Å². The molecule has 1 aromatic carbocycles. The predicted octanol–water partition coefficient (Wildman–Crippen LogP) is 2.58. The Labute approximate surface area is 115 Å². The largest absolute Gasteiger partial charge is 0.322 e. The molecule has 0 bridgehead atoms. The summed E-state index contributed by atoms with van der Waals surface area (Å²) in [5.74, 6) is 5.34. The first-order valence-electron chi connectivity index (χ1n) is 5.61. The van der Waals surface area contributed by atoms with Gasteiger partial charge in [-0.3, -0.25) is 4.79 Å². The lowest BCUT2D eigenvalue weighted by molar-refractivity contribution is 0.102. The van der Waals surface area contributed by atoms with Crippen LogP contribution in [0.3, 0.4) is 0 Å². The van der Waals surface area contributed by atoms with E-state index < -0.39 is 0 Å². The molecule has 0 radical (unpaired) electrons. The van der Waals surface area contributed by atoms with Gasteiger partial charge in [-0.2, -0.15) is 0 Å². The fourth-order valence-corrected chi connectivity index (χ4v) is 1.79. The van der Waals surface area contributed by atoms with Gasteiger partial charge in [-0.25, -0.2) is 10.8 Å². The second-order valence-corrected chi connectivity index (χ2v) is 4.39. The number of nitrogens with two attached hydrogens (primary N) is 1. The molecular weight excluding hydrogens is 264 g/mol. The summed E-state index contributed by atoms with van der Waals surface area (Å²) in [5.41, 5.74) is 4.33. The minimum absolute atomic E-state index is 0.300. The highest BCUT2D eigenvalue weighted by atomic mass is 35.5. The number of nitrogen functional groups attached to an aromatic ring is 1. The fourth-order valence-electron chi connectivity index (χ4n) is 1.62. The molecule has 0 aliphatic carbocycles. The monoisotopic (exact) mass is 276 g/mol. The van der Waals surface area contributed by atoms with Crippen LogP contribution in [-0.2, 0) is 0 Å². The Morgan fingerprint density at radius 1 is 1.37 bits per heavy atom. The van der Waals surface area contributed by atoms with Gasteiger partial charge in [-0.1, -0.05) is 17.7 Å². The molecule has 0 saturated heterocycles. The van der Waals surface area contributed by atoms with E-state index in [1.54, 1.807) is 30.5 Å². The SMILES string of the molecule is Cc1ccc(Cl)cc1NC(=O)c1cccnc1NN. The van der Waals surface area contributed by atoms with E-state index in [4.69, 9.17) is 17.4 Å². The lowest BCUT2D eigenvalue weighted by Crippen LogP contribution is -2.18. The number of halogens is 1. The van der Waals surface area contributed by atoms with Gasteiger partial charge < -0.3 is 10.7 Å². The standard InChI is InChI=1S/C13H13ClN4O/c1-8-4-5-9(14)7-11(8)17-13(19)10-3-2-6-16-12(10)18-15/h2-7H,15H2,1H3,(H,16,18)(H,17,19). The van der Waals surface area contributed by atoms with Crippen molar-refractivity contribution in [1.29, 1.82) is 0 Å². The zero-order valence-electron chi connectivity index (χ0n) is 10.3. The van der Waals surface area contributed by atoms with Gasteiger partial charge in [0.2, 0.25) is 0 Å². The number of amides is 1. The van der Waals surface area contributed by atoms with Crippen LogP contribution < -0.4 is 16.6 Å². The highest BCUT2D eigenvalue weighted by Crippen LogP contribution is 2.21. The van der Waals surface area contributed by atoms with Gasteiger partial charge in [-0.05, 0) is 36.8 Å². The van der Waals surface area contributed by atoms with Crippen molar-refractivity contribution in [3.63, 3.8) is 0 Å². The predicted molar refractivity (Wildman–Crippen MR) is 76.2 cm³/mol. The fraction of sp³-hybridized carbons (Fsp3) is 0.0769. The number of nitrogens with zero attached hydrogens (tertiary/aromatic N) is 1. The molecule has 6 heteroatoms. The summed E-state index contributed by atoms with van der Waals surface area (Å²) in [6, 6.07) is 8.60. The van der Waals surface area contributed by atoms with Crippen LogP contribution >= 0.6 is 11.6 Å². The second-order valence-electron chi connectivity index (χ2n) is 3.96. The number of benzene rings is 1. The van der Waals surface area contributed by atoms with Crippen LogP contribution in [0.2, 0.25) is 5.02 Å². The molecule has 0 unspecified atom stereocenters. The minimum atomic E-state index is -0.300. The maximum atomic E-state index is 12.2. The van der Waals surface area contributed by atoms with E-state index >= 15 is 0 Å². The van der Waals surface area contributed by atoms with E-state index in [1.807, 2.05) is 13.0 Å². The van der Waals surface area contributed by atoms with Crippen LogP contribution in [0.5, 0.6) is 0 Å². The first kappa shape index (κ1) is 13.3. The third kappa shape index (κ3) is 3.01. The average molecular weight is 277 g/mol. The van der Waals surface area contributed by atoms with E-state index in [9.17, 15) is 4.79 Å². The van der Waals surface area contributed by atoms with Gasteiger partial charge in [0.1, 0.15) is 0 Å². The van der Waals surface area contributed by atoms with Crippen LogP contribution in [-0.4, -0.2) is 10.9 Å². The zero-order valence-corrected chi connectivity index (χ0v) is 11.0. The lowest BCUT2D eigenvalue weighted by Gasteiger charge is -2.10. The topological polar surface area (TPSA) is 80.0 Å². The Kier molecular flexibility index (Phi) is 3.99. The number of hydrogen-bond acceptors (Lipinski definition) is 4. The van der Waals surface area contributed by atoms with Crippen LogP contribution in [0.1, 0.15) is 15.9 Å². The molecule has 2 aromatic rings. The van der Waals surface area contributed by atoms with Crippen molar-refractivity contribution in [2.75, 3.05) is 10.7 Å². The third-order valence-electron chi connectivity index (χ3n) is 2.64. The molecule has 4 N–H and O–H groups in total. The molecule has 0 atom stereocenters. The quantitative estimate of drug-likeness (QED) is 0.595. The van der Waals surface area contributed by atoms with E-state index in [1.165, 1.54) is 0 Å². The number of carbonyl (C=O) groups is 1. The van der Waals surface area contributed by atoms with E-state index in [2.05, 4.69) is 15.7 Å². The van der Waals surface area contributed by atoms with E-state index in [0.29, 0.717) is 22.1 Å². The third-order valence-corrected chi connectivity index (χ3v) is 2.87. The minimum Gasteiger partial charge on any atom is -0.322 e. The van der Waals surface area contributed by atoms with Gasteiger partial charge in [-0.15, -0.1) is 0 Å². The lowest BCUT2D eigenvalue weighted by atomic mass is 10.2. The smallest absolute Gasteiger partial charge is 0.259 e. The molecule has 0 aliphatic heterocycles. The van der Waals surface area contributed by atoms with Crippen molar-refractivity contribution in [1.82, 2.24) is 4.98 Å². The molecule has 2 rings (SSSR count). The Hall–Kier alpha value is -2.11. The maximum absolute atomic E-state index is 12.2. The van der Waals surface area contributed by atoms with Crippen molar-refractivity contribution in [2.24, 2.45) is 5.84 Å². The molecule has 5 nitrogen and oxygen atoms in total. The second kappa shape index (κ2) is 5.69. The first-order chi connectivity index (χ1) is 9.11. The highest BCUT2D eigenvalue weighted by molar-refractivity contribution is 6.31. The number of hydrazine groups is 1. The maximum Gasteiger partial charge on any atom is 0.259 e. The molecule has 1 aromatic heterocycles. The molecule has 0 spiro atoms. The van der Waals surface area contributed by atoms with Crippen molar-refractivity contribution in [3.8, 4) is 0 Å². The average Bonchev–Trinajstić information content (AvgIpc) is 2.42. The van der Waals surface area contributed by atoms with Crippen molar-refractivity contribution < 1.29 is 4.79 Å². The molecule has 0 saturated carbocycles. The molecule has 19 heavy (non-hydrogen) atoms. The number of aryl methyl sites for hydroxylation is 1. The van der Waals surface area contributed by atoms with Crippen LogP contribution in [0, 0.1) is 6.92 Å². The Bertz CT molecular complexity index is 615. The molecule has 0 aliphatic rings. The summed E-state index contributed by atoms with van der Waals surface area (Å²) >= 11 is 5.91. The van der Waals surface area contributed by atoms with Crippen molar-refractivity contribution in [2.45, 2.75) is 6.92 Å².